The molecular formula is C8H8N2O. The third-order valence-corrected chi connectivity index (χ3v) is 1.30. The Bertz CT molecular complexity index is 265. The van der Waals surface area contributed by atoms with Gasteiger partial charge in [-0.25, -0.2) is 4.79 Å². The number of hydrogen-bond acceptors (Lipinski definition) is 3. The lowest BCUT2D eigenvalue weighted by Crippen LogP contribution is -2.07. The smallest absolute Gasteiger partial charge is 0.142 e. The minimum absolute atomic E-state index is 0.871. The molecule has 0 aliphatic rings. The summed E-state index contributed by atoms with van der Waals surface area (Å²) in [5, 5.41) is 0. The molecule has 0 fully saturated rings. The summed E-state index contributed by atoms with van der Waals surface area (Å²) in [5.74, 6) is 1.69. The molecule has 1 heterocycles. The first kappa shape index (κ1) is 7.51. The van der Waals surface area contributed by atoms with E-state index in [4.69, 9.17) is 0 Å². The van der Waals surface area contributed by atoms with E-state index in [2.05, 4.69) is 4.98 Å². The second-order valence-corrected chi connectivity index (χ2v) is 2.07. The molecule has 0 aliphatic carbocycles. The topological polar surface area (TPSA) is 33.2 Å². The quantitative estimate of drug-likeness (QED) is 0.583. The molecule has 3 heteroatoms. The lowest BCUT2D eigenvalue weighted by Gasteiger charge is -2.09. The zero-order valence-electron chi connectivity index (χ0n) is 6.19. The molecule has 3 nitrogen and oxygen atoms in total. The van der Waals surface area contributed by atoms with E-state index in [-0.39, 0.29) is 0 Å². The number of rotatable bonds is 2. The zero-order chi connectivity index (χ0) is 8.10. The van der Waals surface area contributed by atoms with Gasteiger partial charge in [0.2, 0.25) is 0 Å². The lowest BCUT2D eigenvalue weighted by atomic mass is 10.4. The summed E-state index contributed by atoms with van der Waals surface area (Å²) in [5.41, 5.74) is 0.871. The van der Waals surface area contributed by atoms with Gasteiger partial charge in [0, 0.05) is 13.2 Å². The van der Waals surface area contributed by atoms with Crippen molar-refractivity contribution < 1.29 is 4.79 Å². The standard InChI is InChI=1S/C8H8N2O/c1-10(5-6-11)8-3-2-4-9-7-8/h2-5,7H,1H3. The van der Waals surface area contributed by atoms with Crippen molar-refractivity contribution in [1.29, 1.82) is 0 Å². The van der Waals surface area contributed by atoms with Gasteiger partial charge in [0.1, 0.15) is 5.94 Å². The summed E-state index contributed by atoms with van der Waals surface area (Å²) in [7, 11) is 1.77. The minimum atomic E-state index is 0.871. The van der Waals surface area contributed by atoms with Crippen LogP contribution in [0.3, 0.4) is 0 Å². The van der Waals surface area contributed by atoms with Crippen LogP contribution in [-0.2, 0) is 4.79 Å². The van der Waals surface area contributed by atoms with Crippen molar-refractivity contribution in [1.82, 2.24) is 4.98 Å². The number of aromatic nitrogens is 1. The van der Waals surface area contributed by atoms with Crippen LogP contribution in [0.25, 0.3) is 0 Å². The number of nitrogens with zero attached hydrogens (tertiary/aromatic N) is 2. The number of carbonyl (C=O) groups excluding carboxylic acids is 1. The largest absolute Gasteiger partial charge is 0.340 e. The molecule has 0 atom stereocenters. The van der Waals surface area contributed by atoms with Gasteiger partial charge in [0.15, 0.2) is 0 Å². The summed E-state index contributed by atoms with van der Waals surface area (Å²) >= 11 is 0. The Morgan fingerprint density at radius 3 is 3.09 bits per heavy atom. The van der Waals surface area contributed by atoms with Crippen molar-refractivity contribution in [3.8, 4) is 0 Å². The van der Waals surface area contributed by atoms with Crippen LogP contribution in [0.15, 0.2) is 30.7 Å². The average molecular weight is 148 g/mol. The molecule has 0 aliphatic heterocycles. The molecule has 0 spiro atoms. The highest BCUT2D eigenvalue weighted by Gasteiger charge is 1.93. The summed E-state index contributed by atoms with van der Waals surface area (Å²) in [4.78, 5) is 15.5. The summed E-state index contributed by atoms with van der Waals surface area (Å²) < 4.78 is 0. The Labute approximate surface area is 65.0 Å². The van der Waals surface area contributed by atoms with E-state index in [1.807, 2.05) is 12.1 Å². The van der Waals surface area contributed by atoms with Crippen molar-refractivity contribution in [2.24, 2.45) is 0 Å². The van der Waals surface area contributed by atoms with Crippen LogP contribution in [0.5, 0.6) is 0 Å². The fourth-order valence-electron chi connectivity index (χ4n) is 0.716. The SMILES string of the molecule is CN(C=C=O)c1cccnc1. The minimum Gasteiger partial charge on any atom is -0.340 e. The molecule has 0 radical (unpaired) electrons. The average Bonchev–Trinajstić information content (AvgIpc) is 2.07. The first-order valence-electron chi connectivity index (χ1n) is 3.18. The van der Waals surface area contributed by atoms with Crippen molar-refractivity contribution in [3.05, 3.63) is 30.7 Å². The third-order valence-electron chi connectivity index (χ3n) is 1.30. The Kier molecular flexibility index (Phi) is 2.42. The van der Waals surface area contributed by atoms with Gasteiger partial charge in [-0.1, -0.05) is 0 Å². The van der Waals surface area contributed by atoms with Crippen LogP contribution in [0.2, 0.25) is 0 Å². The van der Waals surface area contributed by atoms with Gasteiger partial charge in [-0.3, -0.25) is 4.98 Å². The molecule has 0 unspecified atom stereocenters. The monoisotopic (exact) mass is 148 g/mol. The molecule has 0 bridgehead atoms. The molecule has 11 heavy (non-hydrogen) atoms. The van der Waals surface area contributed by atoms with E-state index in [1.165, 1.54) is 6.20 Å². The molecular weight excluding hydrogens is 140 g/mol. The maximum Gasteiger partial charge on any atom is 0.142 e. The van der Waals surface area contributed by atoms with Crippen LogP contribution in [0.1, 0.15) is 0 Å². The van der Waals surface area contributed by atoms with E-state index in [1.54, 1.807) is 30.3 Å². The van der Waals surface area contributed by atoms with Gasteiger partial charge >= 0.3 is 0 Å². The Hall–Kier alpha value is -1.60. The molecule has 56 valence electrons. The maximum atomic E-state index is 9.95. The lowest BCUT2D eigenvalue weighted by molar-refractivity contribution is 0.568. The number of anilines is 1. The van der Waals surface area contributed by atoms with E-state index in [9.17, 15) is 4.79 Å². The molecule has 0 N–H and O–H groups in total. The molecule has 0 amide bonds. The fourth-order valence-corrected chi connectivity index (χ4v) is 0.716. The predicted octanol–water partition coefficient (Wildman–Crippen LogP) is 0.863. The predicted molar refractivity (Wildman–Crippen MR) is 42.9 cm³/mol. The van der Waals surface area contributed by atoms with Crippen LogP contribution >= 0.6 is 0 Å². The molecule has 0 saturated carbocycles. The summed E-state index contributed by atoms with van der Waals surface area (Å²) in [6, 6.07) is 3.67. The van der Waals surface area contributed by atoms with Crippen LogP contribution in [-0.4, -0.2) is 18.0 Å². The highest BCUT2D eigenvalue weighted by Crippen LogP contribution is 2.07. The fraction of sp³-hybridized carbons (Fsp3) is 0.125. The van der Waals surface area contributed by atoms with Gasteiger partial charge in [0.25, 0.3) is 0 Å². The van der Waals surface area contributed by atoms with E-state index in [0.717, 1.165) is 5.69 Å². The number of hydrogen-bond donors (Lipinski definition) is 0. The molecule has 0 saturated heterocycles. The highest BCUT2D eigenvalue weighted by atomic mass is 16.1. The van der Waals surface area contributed by atoms with Crippen molar-refractivity contribution in [2.75, 3.05) is 11.9 Å². The normalized spacial score (nSPS) is 8.45. The van der Waals surface area contributed by atoms with Crippen LogP contribution in [0, 0.1) is 0 Å². The van der Waals surface area contributed by atoms with Gasteiger partial charge in [0.05, 0.1) is 18.1 Å². The molecule has 0 aromatic carbocycles. The van der Waals surface area contributed by atoms with E-state index >= 15 is 0 Å². The third kappa shape index (κ3) is 1.92. The Morgan fingerprint density at radius 1 is 1.73 bits per heavy atom. The first-order valence-corrected chi connectivity index (χ1v) is 3.18. The van der Waals surface area contributed by atoms with Crippen LogP contribution < -0.4 is 4.90 Å². The molecule has 1 aromatic rings. The highest BCUT2D eigenvalue weighted by molar-refractivity contribution is 5.56. The molecule has 1 rings (SSSR count). The van der Waals surface area contributed by atoms with E-state index in [0.29, 0.717) is 0 Å². The van der Waals surface area contributed by atoms with Crippen molar-refractivity contribution in [2.45, 2.75) is 0 Å². The van der Waals surface area contributed by atoms with Crippen molar-refractivity contribution in [3.63, 3.8) is 0 Å². The first-order chi connectivity index (χ1) is 5.34. The van der Waals surface area contributed by atoms with Crippen molar-refractivity contribution >= 4 is 11.6 Å². The van der Waals surface area contributed by atoms with E-state index < -0.39 is 0 Å². The second-order valence-electron chi connectivity index (χ2n) is 2.07. The zero-order valence-corrected chi connectivity index (χ0v) is 6.19. The second kappa shape index (κ2) is 3.54. The summed E-state index contributed by atoms with van der Waals surface area (Å²) in [6.07, 6.45) is 4.67. The maximum absolute atomic E-state index is 9.95. The van der Waals surface area contributed by atoms with Gasteiger partial charge in [-0.15, -0.1) is 0 Å². The Morgan fingerprint density at radius 2 is 2.55 bits per heavy atom. The Balaban J connectivity index is 2.84. The van der Waals surface area contributed by atoms with Gasteiger partial charge in [-0.2, -0.15) is 0 Å². The number of pyridine rings is 1. The van der Waals surface area contributed by atoms with Gasteiger partial charge < -0.3 is 4.90 Å². The van der Waals surface area contributed by atoms with Gasteiger partial charge in [-0.05, 0) is 12.1 Å². The molecule has 1 aromatic heterocycles. The summed E-state index contributed by atoms with van der Waals surface area (Å²) in [6.45, 7) is 0. The van der Waals surface area contributed by atoms with Crippen LogP contribution in [0.4, 0.5) is 5.69 Å².